The van der Waals surface area contributed by atoms with Gasteiger partial charge in [-0.3, -0.25) is 10.1 Å². The first kappa shape index (κ1) is 20.2. The summed E-state index contributed by atoms with van der Waals surface area (Å²) < 4.78 is 40.3. The van der Waals surface area contributed by atoms with Crippen LogP contribution in [0.4, 0.5) is 15.8 Å². The van der Waals surface area contributed by atoms with Crippen molar-refractivity contribution in [1.29, 1.82) is 0 Å². The van der Waals surface area contributed by atoms with E-state index >= 15 is 0 Å². The van der Waals surface area contributed by atoms with Gasteiger partial charge in [0.15, 0.2) is 0 Å². The molecule has 1 heterocycles. The Morgan fingerprint density at radius 2 is 1.86 bits per heavy atom. The highest BCUT2D eigenvalue weighted by atomic mass is 32.2. The second-order valence-electron chi connectivity index (χ2n) is 6.84. The molecule has 3 rings (SSSR count). The van der Waals surface area contributed by atoms with Crippen molar-refractivity contribution in [1.82, 2.24) is 4.31 Å². The van der Waals surface area contributed by atoms with Crippen LogP contribution in [0.15, 0.2) is 41.3 Å². The van der Waals surface area contributed by atoms with Crippen LogP contribution in [-0.4, -0.2) is 30.7 Å². The van der Waals surface area contributed by atoms with E-state index in [9.17, 15) is 22.9 Å². The van der Waals surface area contributed by atoms with Gasteiger partial charge in [-0.25, -0.2) is 12.8 Å². The normalized spacial score (nSPS) is 15.4. The number of anilines is 1. The van der Waals surface area contributed by atoms with Crippen LogP contribution in [0.25, 0.3) is 0 Å². The van der Waals surface area contributed by atoms with Gasteiger partial charge in [-0.15, -0.1) is 0 Å². The summed E-state index contributed by atoms with van der Waals surface area (Å²) in [5, 5.41) is 14.4. The van der Waals surface area contributed by atoms with Gasteiger partial charge in [0.1, 0.15) is 11.5 Å². The minimum Gasteiger partial charge on any atom is -0.375 e. The minimum absolute atomic E-state index is 0.0794. The van der Waals surface area contributed by atoms with Crippen molar-refractivity contribution < 1.29 is 17.7 Å². The first-order chi connectivity index (χ1) is 13.3. The quantitative estimate of drug-likeness (QED) is 0.580. The molecule has 7 nitrogen and oxygen atoms in total. The van der Waals surface area contributed by atoms with Crippen LogP contribution in [0, 0.1) is 22.9 Å². The molecule has 0 atom stereocenters. The molecule has 0 aliphatic carbocycles. The molecule has 9 heteroatoms. The van der Waals surface area contributed by atoms with Gasteiger partial charge in [0.25, 0.3) is 5.69 Å². The minimum atomic E-state index is -3.75. The van der Waals surface area contributed by atoms with Crippen LogP contribution in [0.1, 0.15) is 30.4 Å². The summed E-state index contributed by atoms with van der Waals surface area (Å²) in [6.07, 6.45) is 2.56. The Morgan fingerprint density at radius 1 is 1.14 bits per heavy atom. The highest BCUT2D eigenvalue weighted by Gasteiger charge is 2.28. The summed E-state index contributed by atoms with van der Waals surface area (Å²) in [5.41, 5.74) is 1.15. The maximum absolute atomic E-state index is 13.4. The fraction of sp³-hybridized carbons (Fsp3) is 0.368. The van der Waals surface area contributed by atoms with Crippen molar-refractivity contribution in [2.75, 3.05) is 18.4 Å². The smallest absolute Gasteiger partial charge is 0.293 e. The van der Waals surface area contributed by atoms with E-state index in [2.05, 4.69) is 5.32 Å². The molecule has 2 aromatic rings. The molecule has 28 heavy (non-hydrogen) atoms. The van der Waals surface area contributed by atoms with E-state index in [4.69, 9.17) is 0 Å². The van der Waals surface area contributed by atoms with Gasteiger partial charge in [0.05, 0.1) is 9.82 Å². The lowest BCUT2D eigenvalue weighted by Crippen LogP contribution is -2.35. The van der Waals surface area contributed by atoms with Gasteiger partial charge < -0.3 is 5.32 Å². The lowest BCUT2D eigenvalue weighted by Gasteiger charge is -2.25. The van der Waals surface area contributed by atoms with Crippen molar-refractivity contribution in [2.24, 2.45) is 0 Å². The standard InChI is InChI=1S/C19H22FN3O4S/c1-14-11-15(5-7-17(14)20)13-21-18-8-6-16(12-19(18)23(24)25)28(26,27)22-9-3-2-4-10-22/h5-8,11-12,21H,2-4,9-10,13H2,1H3. The van der Waals surface area contributed by atoms with E-state index in [0.29, 0.717) is 18.7 Å². The van der Waals surface area contributed by atoms with E-state index in [1.165, 1.54) is 22.5 Å². The number of aryl methyl sites for hydroxylation is 1. The third-order valence-corrected chi connectivity index (χ3v) is 6.72. The van der Waals surface area contributed by atoms with E-state index < -0.39 is 14.9 Å². The number of nitrogens with one attached hydrogen (secondary N) is 1. The maximum Gasteiger partial charge on any atom is 0.293 e. The first-order valence-electron chi connectivity index (χ1n) is 9.06. The van der Waals surface area contributed by atoms with E-state index in [-0.39, 0.29) is 28.6 Å². The third kappa shape index (κ3) is 4.31. The summed E-state index contributed by atoms with van der Waals surface area (Å²) >= 11 is 0. The molecule has 1 aliphatic heterocycles. The van der Waals surface area contributed by atoms with Crippen LogP contribution in [0.5, 0.6) is 0 Å². The van der Waals surface area contributed by atoms with Crippen molar-refractivity contribution in [3.63, 3.8) is 0 Å². The number of nitrogens with zero attached hydrogens (tertiary/aromatic N) is 2. The fourth-order valence-corrected chi connectivity index (χ4v) is 4.78. The number of piperidine rings is 1. The lowest BCUT2D eigenvalue weighted by molar-refractivity contribution is -0.384. The number of nitro groups is 1. The number of rotatable bonds is 6. The number of benzene rings is 2. The Kier molecular flexibility index (Phi) is 5.95. The molecular formula is C19H22FN3O4S. The third-order valence-electron chi connectivity index (χ3n) is 4.82. The van der Waals surface area contributed by atoms with Gasteiger partial charge >= 0.3 is 0 Å². The monoisotopic (exact) mass is 407 g/mol. The molecule has 2 aromatic carbocycles. The van der Waals surface area contributed by atoms with Gasteiger partial charge in [-0.05, 0) is 49.1 Å². The molecule has 1 saturated heterocycles. The SMILES string of the molecule is Cc1cc(CNc2ccc(S(=O)(=O)N3CCCCC3)cc2[N+](=O)[O-])ccc1F. The Balaban J connectivity index is 1.84. The Morgan fingerprint density at radius 3 is 2.50 bits per heavy atom. The van der Waals surface area contributed by atoms with Crippen LogP contribution < -0.4 is 5.32 Å². The summed E-state index contributed by atoms with van der Waals surface area (Å²) in [6, 6.07) is 8.48. The zero-order chi connectivity index (χ0) is 20.3. The predicted molar refractivity (Wildman–Crippen MR) is 104 cm³/mol. The van der Waals surface area contributed by atoms with Crippen LogP contribution in [0.2, 0.25) is 0 Å². The zero-order valence-corrected chi connectivity index (χ0v) is 16.3. The molecule has 150 valence electrons. The molecule has 0 bridgehead atoms. The fourth-order valence-electron chi connectivity index (χ4n) is 3.24. The summed E-state index contributed by atoms with van der Waals surface area (Å²) in [6.45, 7) is 2.75. The summed E-state index contributed by atoms with van der Waals surface area (Å²) in [7, 11) is -3.75. The average Bonchev–Trinajstić information content (AvgIpc) is 2.69. The second kappa shape index (κ2) is 8.24. The molecule has 0 unspecified atom stereocenters. The average molecular weight is 407 g/mol. The van der Waals surface area contributed by atoms with Crippen molar-refractivity contribution in [3.8, 4) is 0 Å². The molecule has 1 aliphatic rings. The van der Waals surface area contributed by atoms with Crippen LogP contribution in [0.3, 0.4) is 0 Å². The van der Waals surface area contributed by atoms with Gasteiger partial charge in [0, 0.05) is 25.7 Å². The summed E-state index contributed by atoms with van der Waals surface area (Å²) in [4.78, 5) is 10.8. The van der Waals surface area contributed by atoms with Gasteiger partial charge in [-0.2, -0.15) is 4.31 Å². The van der Waals surface area contributed by atoms with Gasteiger partial charge in [0.2, 0.25) is 10.0 Å². The highest BCUT2D eigenvalue weighted by molar-refractivity contribution is 7.89. The van der Waals surface area contributed by atoms with E-state index in [1.54, 1.807) is 19.1 Å². The number of nitro benzene ring substituents is 1. The molecule has 0 saturated carbocycles. The highest BCUT2D eigenvalue weighted by Crippen LogP contribution is 2.30. The van der Waals surface area contributed by atoms with Gasteiger partial charge in [-0.1, -0.05) is 18.6 Å². The molecule has 1 fully saturated rings. The van der Waals surface area contributed by atoms with E-state index in [0.717, 1.165) is 30.9 Å². The van der Waals surface area contributed by atoms with Crippen molar-refractivity contribution >= 4 is 21.4 Å². The number of hydrogen-bond donors (Lipinski definition) is 1. The molecule has 0 amide bonds. The van der Waals surface area contributed by atoms with Crippen molar-refractivity contribution in [2.45, 2.75) is 37.6 Å². The molecular weight excluding hydrogens is 385 g/mol. The maximum atomic E-state index is 13.4. The number of sulfonamides is 1. The van der Waals surface area contributed by atoms with Crippen LogP contribution in [-0.2, 0) is 16.6 Å². The summed E-state index contributed by atoms with van der Waals surface area (Å²) in [5.74, 6) is -0.318. The van der Waals surface area contributed by atoms with E-state index in [1.807, 2.05) is 0 Å². The number of halogens is 1. The first-order valence-corrected chi connectivity index (χ1v) is 10.5. The topological polar surface area (TPSA) is 92.6 Å². The zero-order valence-electron chi connectivity index (χ0n) is 15.5. The Labute approximate surface area is 163 Å². The molecule has 0 spiro atoms. The molecule has 1 N–H and O–H groups in total. The Bertz CT molecular complexity index is 989. The number of hydrogen-bond acceptors (Lipinski definition) is 5. The molecule has 0 radical (unpaired) electrons. The lowest BCUT2D eigenvalue weighted by atomic mass is 10.1. The predicted octanol–water partition coefficient (Wildman–Crippen LogP) is 3.83. The van der Waals surface area contributed by atoms with Crippen LogP contribution >= 0.6 is 0 Å². The largest absolute Gasteiger partial charge is 0.375 e. The molecule has 0 aromatic heterocycles. The second-order valence-corrected chi connectivity index (χ2v) is 8.78. The Hall–Kier alpha value is -2.52. The van der Waals surface area contributed by atoms with Crippen molar-refractivity contribution in [3.05, 3.63) is 63.5 Å².